The molecule has 1 fully saturated rings. The number of nitrogens with one attached hydrogen (secondary N) is 2. The lowest BCUT2D eigenvalue weighted by Gasteiger charge is -2.29. The Balaban J connectivity index is 1.38. The van der Waals surface area contributed by atoms with Crippen LogP contribution in [0.1, 0.15) is 39.9 Å². The van der Waals surface area contributed by atoms with Crippen LogP contribution in [0.15, 0.2) is 36.4 Å². The molecule has 2 aliphatic heterocycles. The van der Waals surface area contributed by atoms with Gasteiger partial charge in [0.1, 0.15) is 12.6 Å². The number of nitrogens with zero attached hydrogens (tertiary/aromatic N) is 1. The molecule has 2 aliphatic rings. The van der Waals surface area contributed by atoms with Crippen molar-refractivity contribution in [3.63, 3.8) is 0 Å². The van der Waals surface area contributed by atoms with Gasteiger partial charge in [-0.15, -0.1) is 0 Å². The third kappa shape index (κ3) is 4.39. The van der Waals surface area contributed by atoms with E-state index in [-0.39, 0.29) is 24.8 Å². The Morgan fingerprint density at radius 2 is 2.03 bits per heavy atom. The van der Waals surface area contributed by atoms with E-state index in [9.17, 15) is 19.2 Å². The summed E-state index contributed by atoms with van der Waals surface area (Å²) in [7, 11) is 0. The van der Waals surface area contributed by atoms with Crippen LogP contribution in [0.5, 0.6) is 0 Å². The molecule has 4 rings (SSSR count). The number of fused-ring (bicyclic) bond motifs is 1. The van der Waals surface area contributed by atoms with Gasteiger partial charge < -0.3 is 9.64 Å². The molecule has 0 unspecified atom stereocenters. The van der Waals surface area contributed by atoms with E-state index in [0.29, 0.717) is 34.8 Å². The minimum absolute atomic E-state index is 0.0234. The molecule has 0 aromatic heterocycles. The molecule has 2 N–H and O–H groups in total. The van der Waals surface area contributed by atoms with Crippen LogP contribution < -0.4 is 10.6 Å². The molecule has 8 nitrogen and oxygen atoms in total. The molecule has 1 saturated heterocycles. The Morgan fingerprint density at radius 1 is 1.23 bits per heavy atom. The molecule has 31 heavy (non-hydrogen) atoms. The van der Waals surface area contributed by atoms with Gasteiger partial charge in [0.05, 0.1) is 0 Å². The summed E-state index contributed by atoms with van der Waals surface area (Å²) in [6, 6.07) is 9.71. The largest absolute Gasteiger partial charge is 0.444 e. The van der Waals surface area contributed by atoms with E-state index in [1.54, 1.807) is 36.4 Å². The molecule has 160 valence electrons. The van der Waals surface area contributed by atoms with E-state index in [0.717, 1.165) is 11.1 Å². The lowest BCUT2D eigenvalue weighted by atomic mass is 10.0. The summed E-state index contributed by atoms with van der Waals surface area (Å²) in [5, 5.41) is 5.42. The molecule has 9 heteroatoms. The zero-order valence-corrected chi connectivity index (χ0v) is 17.5. The van der Waals surface area contributed by atoms with Crippen molar-refractivity contribution < 1.29 is 23.9 Å². The highest BCUT2D eigenvalue weighted by Gasteiger charge is 2.39. The van der Waals surface area contributed by atoms with E-state index >= 15 is 0 Å². The SMILES string of the molecule is Cc1ccc(NC(=O)OCc2ccc3c(c2)C(=O)N([C@@H]2CCC(=O)NC2=O)C3)cc1Cl. The van der Waals surface area contributed by atoms with Crippen LogP contribution in [-0.4, -0.2) is 34.8 Å². The van der Waals surface area contributed by atoms with Gasteiger partial charge in [0.15, 0.2) is 0 Å². The number of amides is 4. The van der Waals surface area contributed by atoms with Gasteiger partial charge in [-0.2, -0.15) is 0 Å². The van der Waals surface area contributed by atoms with Crippen LogP contribution in [0, 0.1) is 6.92 Å². The summed E-state index contributed by atoms with van der Waals surface area (Å²) in [5.74, 6) is -1.05. The van der Waals surface area contributed by atoms with Crippen LogP contribution >= 0.6 is 11.6 Å². The third-order valence-corrected chi connectivity index (χ3v) is 5.79. The summed E-state index contributed by atoms with van der Waals surface area (Å²) >= 11 is 6.05. The highest BCUT2D eigenvalue weighted by molar-refractivity contribution is 6.31. The molecule has 4 amide bonds. The first-order chi connectivity index (χ1) is 14.8. The van der Waals surface area contributed by atoms with Gasteiger partial charge in [-0.3, -0.25) is 25.0 Å². The summed E-state index contributed by atoms with van der Waals surface area (Å²) in [4.78, 5) is 49.9. The fourth-order valence-electron chi connectivity index (χ4n) is 3.67. The molecule has 0 radical (unpaired) electrons. The first kappa shape index (κ1) is 20.9. The zero-order valence-electron chi connectivity index (χ0n) is 16.7. The van der Waals surface area contributed by atoms with Crippen LogP contribution in [-0.2, 0) is 27.5 Å². The second-order valence-electron chi connectivity index (χ2n) is 7.56. The minimum Gasteiger partial charge on any atom is -0.444 e. The van der Waals surface area contributed by atoms with Crippen LogP contribution in [0.4, 0.5) is 10.5 Å². The predicted octanol–water partition coefficient (Wildman–Crippen LogP) is 3.16. The van der Waals surface area contributed by atoms with Crippen LogP contribution in [0.25, 0.3) is 0 Å². The first-order valence-corrected chi connectivity index (χ1v) is 10.2. The topological polar surface area (TPSA) is 105 Å². The van der Waals surface area contributed by atoms with Gasteiger partial charge >= 0.3 is 6.09 Å². The number of carbonyl (C=O) groups excluding carboxylic acids is 4. The monoisotopic (exact) mass is 441 g/mol. The molecule has 2 heterocycles. The number of anilines is 1. The molecule has 0 saturated carbocycles. The average Bonchev–Trinajstić information content (AvgIpc) is 3.05. The van der Waals surface area contributed by atoms with Crippen molar-refractivity contribution in [1.82, 2.24) is 10.2 Å². The van der Waals surface area contributed by atoms with Gasteiger partial charge in [-0.05, 0) is 48.2 Å². The number of hydrogen-bond donors (Lipinski definition) is 2. The highest BCUT2D eigenvalue weighted by Crippen LogP contribution is 2.28. The fraction of sp³-hybridized carbons (Fsp3) is 0.273. The Morgan fingerprint density at radius 3 is 2.77 bits per heavy atom. The van der Waals surface area contributed by atoms with Gasteiger partial charge in [-0.25, -0.2) is 4.79 Å². The number of piperidine rings is 1. The van der Waals surface area contributed by atoms with Crippen molar-refractivity contribution in [3.05, 3.63) is 63.7 Å². The highest BCUT2D eigenvalue weighted by atomic mass is 35.5. The number of rotatable bonds is 4. The average molecular weight is 442 g/mol. The summed E-state index contributed by atoms with van der Waals surface area (Å²) < 4.78 is 5.25. The maximum Gasteiger partial charge on any atom is 0.411 e. The minimum atomic E-state index is -0.663. The second-order valence-corrected chi connectivity index (χ2v) is 7.96. The van der Waals surface area contributed by atoms with Gasteiger partial charge in [-0.1, -0.05) is 29.8 Å². The molecular formula is C22H20ClN3O5. The number of hydrogen-bond acceptors (Lipinski definition) is 5. The second kappa shape index (κ2) is 8.39. The summed E-state index contributed by atoms with van der Waals surface area (Å²) in [5.41, 5.74) is 3.32. The molecule has 0 aliphatic carbocycles. The number of carbonyl (C=O) groups is 4. The lowest BCUT2D eigenvalue weighted by Crippen LogP contribution is -2.52. The van der Waals surface area contributed by atoms with Crippen molar-refractivity contribution in [1.29, 1.82) is 0 Å². The van der Waals surface area contributed by atoms with Crippen LogP contribution in [0.3, 0.4) is 0 Å². The fourth-order valence-corrected chi connectivity index (χ4v) is 3.85. The lowest BCUT2D eigenvalue weighted by molar-refractivity contribution is -0.136. The van der Waals surface area contributed by atoms with Gasteiger partial charge in [0.25, 0.3) is 5.91 Å². The maximum atomic E-state index is 12.8. The van der Waals surface area contributed by atoms with E-state index < -0.39 is 18.0 Å². The zero-order chi connectivity index (χ0) is 22.1. The number of aryl methyl sites for hydroxylation is 1. The van der Waals surface area contributed by atoms with Crippen LogP contribution in [0.2, 0.25) is 5.02 Å². The van der Waals surface area contributed by atoms with Gasteiger partial charge in [0, 0.05) is 29.2 Å². The molecule has 1 atom stereocenters. The van der Waals surface area contributed by atoms with Crippen molar-refractivity contribution in [2.45, 2.75) is 39.0 Å². The van der Waals surface area contributed by atoms with Crippen molar-refractivity contribution >= 4 is 41.1 Å². The van der Waals surface area contributed by atoms with E-state index in [4.69, 9.17) is 16.3 Å². The molecule has 0 bridgehead atoms. The molecular weight excluding hydrogens is 422 g/mol. The third-order valence-electron chi connectivity index (χ3n) is 5.38. The van der Waals surface area contributed by atoms with Gasteiger partial charge in [0.2, 0.25) is 11.8 Å². The Bertz CT molecular complexity index is 1100. The first-order valence-electron chi connectivity index (χ1n) is 9.78. The normalized spacial score (nSPS) is 17.9. The molecule has 0 spiro atoms. The Labute approximate surface area is 183 Å². The Hall–Kier alpha value is -3.39. The quantitative estimate of drug-likeness (QED) is 0.709. The smallest absolute Gasteiger partial charge is 0.411 e. The van der Waals surface area contributed by atoms with E-state index in [1.165, 1.54) is 4.90 Å². The van der Waals surface area contributed by atoms with E-state index in [2.05, 4.69) is 10.6 Å². The van der Waals surface area contributed by atoms with Crippen molar-refractivity contribution in [2.24, 2.45) is 0 Å². The number of benzene rings is 2. The Kier molecular flexibility index (Phi) is 5.65. The predicted molar refractivity (Wildman–Crippen MR) is 112 cm³/mol. The van der Waals surface area contributed by atoms with E-state index in [1.807, 2.05) is 6.92 Å². The van der Waals surface area contributed by atoms with Crippen molar-refractivity contribution in [3.8, 4) is 0 Å². The number of ether oxygens (including phenoxy) is 1. The number of halogens is 1. The summed E-state index contributed by atoms with van der Waals surface area (Å²) in [6.07, 6.45) is -0.127. The number of imide groups is 1. The van der Waals surface area contributed by atoms with Crippen molar-refractivity contribution in [2.75, 3.05) is 5.32 Å². The molecule has 2 aromatic rings. The summed E-state index contributed by atoms with van der Waals surface area (Å²) in [6.45, 7) is 2.14. The molecule has 2 aromatic carbocycles. The maximum absolute atomic E-state index is 12.8. The standard InChI is InChI=1S/C22H20ClN3O5/c1-12-2-5-15(9-17(12)23)24-22(30)31-11-13-3-4-14-10-26(21(29)16(14)8-13)18-6-7-19(27)25-20(18)28/h2-5,8-9,18H,6-7,10-11H2,1H3,(H,24,30)(H,25,27,28)/t18-/m1/s1.